The standard InChI is InChI=1S/C31H43N7O5S/c1-21-18-38-26(33-27(21)36-15-13-24(19-36)32-29(40)43-30(3,4)5)17-25(34-38)22(2)35(6)28(39)31(23-11-9-8-10-12-23)14-16-37(20-31)44(7,41)42/h8-12,17-18,22,24H,13-16,19-20H2,1-7H3,(H,32,40)/t22-,24-,31?/m0/s1. The van der Waals surface area contributed by atoms with Crippen LogP contribution in [-0.2, 0) is 25.0 Å². The first-order valence-corrected chi connectivity index (χ1v) is 16.8. The topological polar surface area (TPSA) is 129 Å². The van der Waals surface area contributed by atoms with Gasteiger partial charge in [0.15, 0.2) is 5.65 Å². The first-order chi connectivity index (χ1) is 20.6. The van der Waals surface area contributed by atoms with Crippen molar-refractivity contribution < 1.29 is 22.7 Å². The number of benzene rings is 1. The van der Waals surface area contributed by atoms with E-state index in [0.29, 0.717) is 24.3 Å². The molecular formula is C31H43N7O5S. The Bertz CT molecular complexity index is 1650. The number of fused-ring (bicyclic) bond motifs is 1. The molecule has 2 aliphatic heterocycles. The summed E-state index contributed by atoms with van der Waals surface area (Å²) < 4.78 is 33.4. The van der Waals surface area contributed by atoms with Gasteiger partial charge in [0.05, 0.1) is 29.4 Å². The Morgan fingerprint density at radius 2 is 1.89 bits per heavy atom. The molecule has 2 aromatic heterocycles. The van der Waals surface area contributed by atoms with Crippen LogP contribution in [0.25, 0.3) is 5.65 Å². The molecule has 3 atom stereocenters. The average Bonchev–Trinajstić information content (AvgIpc) is 3.69. The fourth-order valence-corrected chi connectivity index (χ4v) is 7.03. The minimum atomic E-state index is -3.46. The van der Waals surface area contributed by atoms with Crippen LogP contribution in [0.5, 0.6) is 0 Å². The molecule has 5 rings (SSSR count). The Labute approximate surface area is 259 Å². The molecule has 0 radical (unpaired) electrons. The Morgan fingerprint density at radius 1 is 1.18 bits per heavy atom. The van der Waals surface area contributed by atoms with Crippen LogP contribution in [0.1, 0.15) is 63.4 Å². The third-order valence-corrected chi connectivity index (χ3v) is 9.85. The Hall–Kier alpha value is -3.71. The Kier molecular flexibility index (Phi) is 8.40. The van der Waals surface area contributed by atoms with Crippen molar-refractivity contribution in [3.8, 4) is 0 Å². The lowest BCUT2D eigenvalue weighted by Gasteiger charge is -2.35. The third-order valence-electron chi connectivity index (χ3n) is 8.60. The van der Waals surface area contributed by atoms with Crippen molar-refractivity contribution in [3.63, 3.8) is 0 Å². The number of likely N-dealkylation sites (N-methyl/N-ethyl adjacent to an activating group) is 1. The number of alkyl carbamates (subject to hydrolysis) is 1. The number of hydrogen-bond donors (Lipinski definition) is 1. The van der Waals surface area contributed by atoms with Gasteiger partial charge in [0.2, 0.25) is 15.9 Å². The lowest BCUT2D eigenvalue weighted by molar-refractivity contribution is -0.137. The summed E-state index contributed by atoms with van der Waals surface area (Å²) in [7, 11) is -1.71. The quantitative estimate of drug-likeness (QED) is 0.424. The van der Waals surface area contributed by atoms with Gasteiger partial charge in [-0.1, -0.05) is 30.3 Å². The van der Waals surface area contributed by atoms with E-state index in [4.69, 9.17) is 14.8 Å². The zero-order valence-electron chi connectivity index (χ0n) is 26.6. The number of sulfonamides is 1. The van der Waals surface area contributed by atoms with E-state index in [1.54, 1.807) is 16.5 Å². The fourth-order valence-electron chi connectivity index (χ4n) is 6.15. The highest BCUT2D eigenvalue weighted by molar-refractivity contribution is 7.88. The van der Waals surface area contributed by atoms with Crippen LogP contribution < -0.4 is 10.2 Å². The van der Waals surface area contributed by atoms with E-state index in [-0.39, 0.29) is 25.0 Å². The van der Waals surface area contributed by atoms with E-state index in [1.807, 2.05) is 77.2 Å². The van der Waals surface area contributed by atoms with E-state index >= 15 is 0 Å². The number of amides is 2. The summed E-state index contributed by atoms with van der Waals surface area (Å²) in [6.45, 7) is 11.2. The minimum absolute atomic E-state index is 0.0476. The van der Waals surface area contributed by atoms with Gasteiger partial charge < -0.3 is 19.9 Å². The van der Waals surface area contributed by atoms with Gasteiger partial charge in [-0.3, -0.25) is 4.79 Å². The average molecular weight is 626 g/mol. The Balaban J connectivity index is 1.35. The molecular weight excluding hydrogens is 582 g/mol. The van der Waals surface area contributed by atoms with Gasteiger partial charge >= 0.3 is 6.09 Å². The van der Waals surface area contributed by atoms with Crippen molar-refractivity contribution in [2.75, 3.05) is 44.4 Å². The van der Waals surface area contributed by atoms with E-state index in [2.05, 4.69) is 10.2 Å². The van der Waals surface area contributed by atoms with Crippen LogP contribution in [0.3, 0.4) is 0 Å². The molecule has 2 saturated heterocycles. The molecule has 2 amide bonds. The van der Waals surface area contributed by atoms with Gasteiger partial charge in [0.25, 0.3) is 0 Å². The number of nitrogens with one attached hydrogen (secondary N) is 1. The lowest BCUT2D eigenvalue weighted by atomic mass is 9.78. The minimum Gasteiger partial charge on any atom is -0.444 e. The first-order valence-electron chi connectivity index (χ1n) is 15.0. The number of aryl methyl sites for hydroxylation is 1. The van der Waals surface area contributed by atoms with Crippen molar-refractivity contribution in [2.45, 2.75) is 70.6 Å². The highest BCUT2D eigenvalue weighted by Gasteiger charge is 2.50. The molecule has 2 aliphatic rings. The van der Waals surface area contributed by atoms with E-state index < -0.39 is 33.2 Å². The second-order valence-electron chi connectivity index (χ2n) is 13.1. The molecule has 0 spiro atoms. The Morgan fingerprint density at radius 3 is 2.52 bits per heavy atom. The number of rotatable bonds is 7. The number of ether oxygens (including phenoxy) is 1. The molecule has 4 heterocycles. The molecule has 12 nitrogen and oxygen atoms in total. The second-order valence-corrected chi connectivity index (χ2v) is 15.1. The van der Waals surface area contributed by atoms with Gasteiger partial charge in [-0.15, -0.1) is 0 Å². The third kappa shape index (κ3) is 6.39. The predicted octanol–water partition coefficient (Wildman–Crippen LogP) is 3.26. The monoisotopic (exact) mass is 625 g/mol. The molecule has 1 aromatic carbocycles. The molecule has 44 heavy (non-hydrogen) atoms. The van der Waals surface area contributed by atoms with Crippen LogP contribution >= 0.6 is 0 Å². The van der Waals surface area contributed by atoms with Crippen LogP contribution in [0.4, 0.5) is 10.6 Å². The molecule has 0 aliphatic carbocycles. The summed E-state index contributed by atoms with van der Waals surface area (Å²) in [6.07, 6.45) is 3.86. The lowest BCUT2D eigenvalue weighted by Crippen LogP contribution is -2.48. The molecule has 1 N–H and O–H groups in total. The molecule has 1 unspecified atom stereocenters. The van der Waals surface area contributed by atoms with Crippen LogP contribution in [0.15, 0.2) is 42.6 Å². The molecule has 0 bridgehead atoms. The SMILES string of the molecule is Cc1cn2nc([C@H](C)N(C)C(=O)C3(c4ccccc4)CCN(S(C)(=O)=O)C3)cc2nc1N1CC[C@H](NC(=O)OC(C)(C)C)C1. The zero-order chi connectivity index (χ0) is 32.0. The number of carbonyl (C=O) groups is 2. The largest absolute Gasteiger partial charge is 0.444 e. The number of carbonyl (C=O) groups excluding carboxylic acids is 2. The van der Waals surface area contributed by atoms with Gasteiger partial charge in [-0.25, -0.2) is 27.0 Å². The van der Waals surface area contributed by atoms with Crippen molar-refractivity contribution >= 4 is 33.5 Å². The number of anilines is 1. The van der Waals surface area contributed by atoms with E-state index in [0.717, 1.165) is 29.9 Å². The summed E-state index contributed by atoms with van der Waals surface area (Å²) in [4.78, 5) is 35.3. The molecule has 2 fully saturated rings. The normalized spacial score (nSPS) is 21.9. The smallest absolute Gasteiger partial charge is 0.407 e. The molecule has 0 saturated carbocycles. The van der Waals surface area contributed by atoms with Gasteiger partial charge in [0.1, 0.15) is 11.4 Å². The van der Waals surface area contributed by atoms with E-state index in [9.17, 15) is 18.0 Å². The predicted molar refractivity (Wildman–Crippen MR) is 168 cm³/mol. The summed E-state index contributed by atoms with van der Waals surface area (Å²) in [6, 6.07) is 10.9. The number of hydrogen-bond acceptors (Lipinski definition) is 8. The van der Waals surface area contributed by atoms with Crippen LogP contribution in [0.2, 0.25) is 0 Å². The van der Waals surface area contributed by atoms with Gasteiger partial charge in [-0.05, 0) is 53.0 Å². The first kappa shape index (κ1) is 31.7. The maximum absolute atomic E-state index is 14.2. The van der Waals surface area contributed by atoms with Crippen LogP contribution in [0, 0.1) is 6.92 Å². The van der Waals surface area contributed by atoms with Crippen molar-refractivity contribution in [1.82, 2.24) is 29.1 Å². The van der Waals surface area contributed by atoms with Crippen molar-refractivity contribution in [2.24, 2.45) is 0 Å². The van der Waals surface area contributed by atoms with Crippen molar-refractivity contribution in [3.05, 3.63) is 59.4 Å². The zero-order valence-corrected chi connectivity index (χ0v) is 27.4. The summed E-state index contributed by atoms with van der Waals surface area (Å²) in [5, 5.41) is 7.73. The fraction of sp³-hybridized carbons (Fsp3) is 0.548. The summed E-state index contributed by atoms with van der Waals surface area (Å²) in [5.41, 5.74) is 1.52. The molecule has 13 heteroatoms. The number of nitrogens with zero attached hydrogens (tertiary/aromatic N) is 6. The maximum atomic E-state index is 14.2. The molecule has 238 valence electrons. The summed E-state index contributed by atoms with van der Waals surface area (Å²) in [5.74, 6) is 0.675. The van der Waals surface area contributed by atoms with E-state index in [1.165, 1.54) is 10.6 Å². The highest BCUT2D eigenvalue weighted by Crippen LogP contribution is 2.39. The maximum Gasteiger partial charge on any atom is 0.407 e. The second kappa shape index (κ2) is 11.7. The molecule has 3 aromatic rings. The number of aromatic nitrogens is 3. The van der Waals surface area contributed by atoms with Crippen molar-refractivity contribution in [1.29, 1.82) is 0 Å². The van der Waals surface area contributed by atoms with Gasteiger partial charge in [-0.2, -0.15) is 5.10 Å². The summed E-state index contributed by atoms with van der Waals surface area (Å²) >= 11 is 0. The highest BCUT2D eigenvalue weighted by atomic mass is 32.2. The van der Waals surface area contributed by atoms with Gasteiger partial charge in [0, 0.05) is 51.1 Å². The van der Waals surface area contributed by atoms with Crippen LogP contribution in [-0.4, -0.2) is 95.3 Å².